The van der Waals surface area contributed by atoms with Crippen molar-refractivity contribution in [1.82, 2.24) is 14.9 Å². The Hall–Kier alpha value is -0.910. The summed E-state index contributed by atoms with van der Waals surface area (Å²) in [5, 5.41) is 3.74. The molecular formula is C13H23ClN4O. The van der Waals surface area contributed by atoms with E-state index in [4.69, 9.17) is 16.3 Å². The minimum Gasteiger partial charge on any atom is -0.377 e. The van der Waals surface area contributed by atoms with Gasteiger partial charge in [-0.2, -0.15) is 0 Å². The van der Waals surface area contributed by atoms with Gasteiger partial charge in [0, 0.05) is 26.3 Å². The third-order valence-corrected chi connectivity index (χ3v) is 2.70. The first-order chi connectivity index (χ1) is 8.82. The van der Waals surface area contributed by atoms with E-state index in [0.717, 1.165) is 18.9 Å². The first-order valence-electron chi connectivity index (χ1n) is 6.23. The van der Waals surface area contributed by atoms with Gasteiger partial charge in [0.15, 0.2) is 5.82 Å². The Morgan fingerprint density at radius 3 is 2.63 bits per heavy atom. The van der Waals surface area contributed by atoms with Crippen molar-refractivity contribution >= 4 is 17.4 Å². The Morgan fingerprint density at radius 2 is 2.05 bits per heavy atom. The second-order valence-corrected chi connectivity index (χ2v) is 6.07. The quantitative estimate of drug-likeness (QED) is 0.779. The van der Waals surface area contributed by atoms with Gasteiger partial charge in [0.2, 0.25) is 0 Å². The van der Waals surface area contributed by atoms with Gasteiger partial charge in [-0.3, -0.25) is 0 Å². The Balaban J connectivity index is 2.66. The first-order valence-corrected chi connectivity index (χ1v) is 6.61. The van der Waals surface area contributed by atoms with Crippen LogP contribution in [0.2, 0.25) is 5.15 Å². The van der Waals surface area contributed by atoms with Crippen molar-refractivity contribution in [3.63, 3.8) is 0 Å². The zero-order valence-electron chi connectivity index (χ0n) is 12.3. The molecule has 1 N–H and O–H groups in total. The highest BCUT2D eigenvalue weighted by atomic mass is 35.5. The van der Waals surface area contributed by atoms with Crippen LogP contribution in [-0.2, 0) is 11.3 Å². The van der Waals surface area contributed by atoms with E-state index in [1.165, 1.54) is 0 Å². The van der Waals surface area contributed by atoms with Crippen LogP contribution in [0.4, 0.5) is 5.82 Å². The van der Waals surface area contributed by atoms with Gasteiger partial charge in [0.25, 0.3) is 0 Å². The van der Waals surface area contributed by atoms with E-state index in [-0.39, 0.29) is 5.41 Å². The van der Waals surface area contributed by atoms with Crippen LogP contribution in [0.1, 0.15) is 19.7 Å². The van der Waals surface area contributed by atoms with Gasteiger partial charge in [-0.05, 0) is 19.5 Å². The molecule has 1 aromatic rings. The van der Waals surface area contributed by atoms with E-state index in [1.807, 2.05) is 0 Å². The van der Waals surface area contributed by atoms with Gasteiger partial charge in [-0.25, -0.2) is 9.97 Å². The monoisotopic (exact) mass is 286 g/mol. The number of ether oxygens (including phenoxy) is 1. The van der Waals surface area contributed by atoms with Gasteiger partial charge in [-0.15, -0.1) is 0 Å². The molecule has 0 aliphatic heterocycles. The van der Waals surface area contributed by atoms with E-state index in [9.17, 15) is 0 Å². The highest BCUT2D eigenvalue weighted by Gasteiger charge is 2.19. The summed E-state index contributed by atoms with van der Waals surface area (Å²) in [5.41, 5.74) is 0.141. The number of methoxy groups -OCH3 is 1. The predicted octanol–water partition coefficient (Wildman–Crippen LogP) is 2.28. The average Bonchev–Trinajstić information content (AvgIpc) is 2.24. The summed E-state index contributed by atoms with van der Waals surface area (Å²) in [6.45, 7) is 6.57. The number of halogens is 1. The molecule has 6 heteroatoms. The van der Waals surface area contributed by atoms with Crippen LogP contribution in [0.3, 0.4) is 0 Å². The molecule has 0 bridgehead atoms. The van der Waals surface area contributed by atoms with E-state index in [1.54, 1.807) is 13.2 Å². The molecule has 0 saturated heterocycles. The standard InChI is InChI=1S/C13H23ClN4O/c1-13(2,9-18(3)4)8-15-11-6-10(14)16-12(17-11)7-19-5/h6H,7-9H2,1-5H3,(H,15,16,17). The number of nitrogens with one attached hydrogen (secondary N) is 1. The number of rotatable bonds is 7. The minimum absolute atomic E-state index is 0.141. The lowest BCUT2D eigenvalue weighted by Gasteiger charge is -2.28. The summed E-state index contributed by atoms with van der Waals surface area (Å²) >= 11 is 5.97. The maximum absolute atomic E-state index is 5.97. The second-order valence-electron chi connectivity index (χ2n) is 5.68. The molecule has 1 rings (SSSR count). The summed E-state index contributed by atoms with van der Waals surface area (Å²) < 4.78 is 5.02. The molecule has 0 unspecified atom stereocenters. The van der Waals surface area contributed by atoms with Crippen molar-refractivity contribution in [2.24, 2.45) is 5.41 Å². The molecule has 0 aliphatic rings. The van der Waals surface area contributed by atoms with Crippen LogP contribution < -0.4 is 5.32 Å². The van der Waals surface area contributed by atoms with Crippen LogP contribution in [0, 0.1) is 5.41 Å². The van der Waals surface area contributed by atoms with E-state index < -0.39 is 0 Å². The lowest BCUT2D eigenvalue weighted by Crippen LogP contribution is -2.34. The van der Waals surface area contributed by atoms with Gasteiger partial charge in [0.05, 0.1) is 0 Å². The van der Waals surface area contributed by atoms with E-state index in [0.29, 0.717) is 17.6 Å². The molecular weight excluding hydrogens is 264 g/mol. The van der Waals surface area contributed by atoms with Crippen LogP contribution in [-0.4, -0.2) is 49.2 Å². The summed E-state index contributed by atoms with van der Waals surface area (Å²) in [5.74, 6) is 1.32. The fraction of sp³-hybridized carbons (Fsp3) is 0.692. The maximum atomic E-state index is 5.97. The first kappa shape index (κ1) is 16.1. The minimum atomic E-state index is 0.141. The third kappa shape index (κ3) is 6.18. The van der Waals surface area contributed by atoms with E-state index in [2.05, 4.69) is 48.1 Å². The fourth-order valence-electron chi connectivity index (χ4n) is 1.99. The van der Waals surface area contributed by atoms with Crippen molar-refractivity contribution in [3.05, 3.63) is 17.0 Å². The molecule has 1 heterocycles. The van der Waals surface area contributed by atoms with Crippen molar-refractivity contribution in [2.45, 2.75) is 20.5 Å². The van der Waals surface area contributed by atoms with Gasteiger partial charge in [-0.1, -0.05) is 25.4 Å². The van der Waals surface area contributed by atoms with Crippen molar-refractivity contribution in [2.75, 3.05) is 39.6 Å². The van der Waals surface area contributed by atoms with Crippen molar-refractivity contribution in [3.8, 4) is 0 Å². The molecule has 0 spiro atoms. The molecule has 0 radical (unpaired) electrons. The maximum Gasteiger partial charge on any atom is 0.158 e. The zero-order valence-corrected chi connectivity index (χ0v) is 13.1. The van der Waals surface area contributed by atoms with E-state index >= 15 is 0 Å². The molecule has 0 aliphatic carbocycles. The Kier molecular flexibility index (Phi) is 5.97. The summed E-state index contributed by atoms with van der Waals surface area (Å²) in [6, 6.07) is 1.73. The SMILES string of the molecule is COCc1nc(Cl)cc(NCC(C)(C)CN(C)C)n1. The van der Waals surface area contributed by atoms with Gasteiger partial charge in [0.1, 0.15) is 17.6 Å². The molecule has 19 heavy (non-hydrogen) atoms. The topological polar surface area (TPSA) is 50.3 Å². The predicted molar refractivity (Wildman–Crippen MR) is 78.6 cm³/mol. The summed E-state index contributed by atoms with van der Waals surface area (Å²) in [7, 11) is 5.75. The molecule has 5 nitrogen and oxygen atoms in total. The highest BCUT2D eigenvalue weighted by molar-refractivity contribution is 6.29. The molecule has 0 atom stereocenters. The molecule has 1 aromatic heterocycles. The number of hydrogen-bond donors (Lipinski definition) is 1. The van der Waals surface area contributed by atoms with Crippen molar-refractivity contribution < 1.29 is 4.74 Å². The average molecular weight is 287 g/mol. The Labute approximate surface area is 120 Å². The molecule has 0 fully saturated rings. The summed E-state index contributed by atoms with van der Waals surface area (Å²) in [6.07, 6.45) is 0. The Morgan fingerprint density at radius 1 is 1.37 bits per heavy atom. The smallest absolute Gasteiger partial charge is 0.158 e. The molecule has 0 saturated carbocycles. The van der Waals surface area contributed by atoms with Gasteiger partial charge >= 0.3 is 0 Å². The highest BCUT2D eigenvalue weighted by Crippen LogP contribution is 2.18. The lowest BCUT2D eigenvalue weighted by molar-refractivity contribution is 0.178. The molecule has 0 amide bonds. The van der Waals surface area contributed by atoms with Crippen LogP contribution in [0.25, 0.3) is 0 Å². The second kappa shape index (κ2) is 7.03. The molecule has 0 aromatic carbocycles. The number of hydrogen-bond acceptors (Lipinski definition) is 5. The Bertz CT molecular complexity index is 410. The van der Waals surface area contributed by atoms with Crippen molar-refractivity contribution in [1.29, 1.82) is 0 Å². The molecule has 108 valence electrons. The number of nitrogens with zero attached hydrogens (tertiary/aromatic N) is 3. The lowest BCUT2D eigenvalue weighted by atomic mass is 9.93. The third-order valence-electron chi connectivity index (χ3n) is 2.51. The largest absolute Gasteiger partial charge is 0.377 e. The number of anilines is 1. The zero-order chi connectivity index (χ0) is 14.5. The van der Waals surface area contributed by atoms with Crippen LogP contribution in [0.5, 0.6) is 0 Å². The van der Waals surface area contributed by atoms with Crippen LogP contribution >= 0.6 is 11.6 Å². The van der Waals surface area contributed by atoms with Gasteiger partial charge < -0.3 is 15.0 Å². The fourth-order valence-corrected chi connectivity index (χ4v) is 2.19. The van der Waals surface area contributed by atoms with Crippen LogP contribution in [0.15, 0.2) is 6.07 Å². The number of aromatic nitrogens is 2. The normalized spacial score (nSPS) is 11.9. The summed E-state index contributed by atoms with van der Waals surface area (Å²) in [4.78, 5) is 10.6.